The molecule has 8 heteroatoms. The van der Waals surface area contributed by atoms with Crippen molar-refractivity contribution < 1.29 is 23.3 Å². The molecule has 0 aliphatic carbocycles. The summed E-state index contributed by atoms with van der Waals surface area (Å²) in [5, 5.41) is 10.8. The molecule has 122 valence electrons. The number of carbonyl (C=O) groups is 1. The molecule has 1 aromatic rings. The van der Waals surface area contributed by atoms with Gasteiger partial charge in [-0.05, 0) is 18.1 Å². The van der Waals surface area contributed by atoms with Crippen LogP contribution in [0.25, 0.3) is 0 Å². The van der Waals surface area contributed by atoms with Crippen LogP contribution in [0.4, 0.5) is 10.1 Å². The molecule has 1 rings (SSSR count). The van der Waals surface area contributed by atoms with Crippen molar-refractivity contribution in [2.75, 3.05) is 7.11 Å². The zero-order valence-corrected chi connectivity index (χ0v) is 14.5. The maximum absolute atomic E-state index is 14.1. The lowest BCUT2D eigenvalue weighted by atomic mass is 10.1. The van der Waals surface area contributed by atoms with E-state index in [9.17, 15) is 19.3 Å². The molecule has 0 N–H and O–H groups in total. The Morgan fingerprint density at radius 1 is 1.32 bits per heavy atom. The number of esters is 1. The lowest BCUT2D eigenvalue weighted by Crippen LogP contribution is -2.44. The average Bonchev–Trinajstić information content (AvgIpc) is 2.37. The van der Waals surface area contributed by atoms with Gasteiger partial charge in [-0.15, -0.1) is 0 Å². The quantitative estimate of drug-likeness (QED) is 0.362. The summed E-state index contributed by atoms with van der Waals surface area (Å²) in [5.74, 6) is -1.95. The number of methoxy groups -OCH3 is 1. The van der Waals surface area contributed by atoms with Crippen molar-refractivity contribution in [2.45, 2.75) is 38.9 Å². The van der Waals surface area contributed by atoms with Crippen LogP contribution in [0, 0.1) is 15.9 Å². The van der Waals surface area contributed by atoms with Gasteiger partial charge in [0.15, 0.2) is 5.82 Å². The summed E-state index contributed by atoms with van der Waals surface area (Å²) in [6, 6.07) is 1.73. The monoisotopic (exact) mass is 329 g/mol. The fourth-order valence-electron chi connectivity index (χ4n) is 1.47. The molecule has 0 heterocycles. The maximum Gasteiger partial charge on any atom is 0.345 e. The maximum atomic E-state index is 14.1. The largest absolute Gasteiger partial charge is 0.542 e. The molecule has 0 radical (unpaired) electrons. The molecular weight excluding hydrogens is 309 g/mol. The Hall–Kier alpha value is -1.96. The Morgan fingerprint density at radius 3 is 2.27 bits per heavy atom. The molecular formula is C14H20FNO5Si. The topological polar surface area (TPSA) is 78.7 Å². The molecule has 0 aliphatic rings. The first-order valence-electron chi connectivity index (χ1n) is 6.66. The Kier molecular flexibility index (Phi) is 4.96. The fourth-order valence-corrected chi connectivity index (χ4v) is 2.49. The highest BCUT2D eigenvalue weighted by Gasteiger charge is 2.40. The number of nitro groups is 1. The van der Waals surface area contributed by atoms with Crippen LogP contribution in [0.1, 0.15) is 31.1 Å². The van der Waals surface area contributed by atoms with Gasteiger partial charge in [-0.25, -0.2) is 9.18 Å². The Morgan fingerprint density at radius 2 is 1.86 bits per heavy atom. The lowest BCUT2D eigenvalue weighted by Gasteiger charge is -2.36. The van der Waals surface area contributed by atoms with Gasteiger partial charge in [0, 0.05) is 6.07 Å². The molecule has 0 bridgehead atoms. The molecule has 0 aromatic heterocycles. The minimum Gasteiger partial charge on any atom is -0.542 e. The van der Waals surface area contributed by atoms with Crippen molar-refractivity contribution in [2.24, 2.45) is 0 Å². The van der Waals surface area contributed by atoms with E-state index in [4.69, 9.17) is 4.43 Å². The predicted molar refractivity (Wildman–Crippen MR) is 82.2 cm³/mol. The zero-order valence-electron chi connectivity index (χ0n) is 13.5. The second-order valence-electron chi connectivity index (χ2n) is 6.41. The summed E-state index contributed by atoms with van der Waals surface area (Å²) >= 11 is 0. The van der Waals surface area contributed by atoms with E-state index in [-0.39, 0.29) is 16.4 Å². The minimum atomic E-state index is -2.35. The summed E-state index contributed by atoms with van der Waals surface area (Å²) in [7, 11) is -1.25. The van der Waals surface area contributed by atoms with Crippen LogP contribution >= 0.6 is 0 Å². The third-order valence-corrected chi connectivity index (χ3v) is 8.17. The molecule has 0 unspecified atom stereocenters. The third-order valence-electron chi connectivity index (χ3n) is 3.82. The summed E-state index contributed by atoms with van der Waals surface area (Å²) < 4.78 is 24.4. The van der Waals surface area contributed by atoms with Gasteiger partial charge in [0.05, 0.1) is 18.1 Å². The highest BCUT2D eigenvalue weighted by atomic mass is 28.4. The lowest BCUT2D eigenvalue weighted by molar-refractivity contribution is -0.385. The summed E-state index contributed by atoms with van der Waals surface area (Å²) in [6.07, 6.45) is 0. The fraction of sp³-hybridized carbons (Fsp3) is 0.500. The molecule has 0 spiro atoms. The van der Waals surface area contributed by atoms with Crippen LogP contribution in [0.15, 0.2) is 12.1 Å². The second-order valence-corrected chi connectivity index (χ2v) is 11.1. The van der Waals surface area contributed by atoms with Gasteiger partial charge in [-0.2, -0.15) is 0 Å². The van der Waals surface area contributed by atoms with Gasteiger partial charge in [-0.1, -0.05) is 20.8 Å². The van der Waals surface area contributed by atoms with Crippen molar-refractivity contribution in [3.05, 3.63) is 33.6 Å². The SMILES string of the molecule is COC(=O)c1cc(O[Si](C)(C)C(C)(C)C)c(F)cc1[N+](=O)[O-]. The average molecular weight is 329 g/mol. The van der Waals surface area contributed by atoms with Gasteiger partial charge in [-0.3, -0.25) is 10.1 Å². The van der Waals surface area contributed by atoms with E-state index < -0.39 is 30.7 Å². The number of carbonyl (C=O) groups excluding carboxylic acids is 1. The molecule has 0 atom stereocenters. The van der Waals surface area contributed by atoms with E-state index in [0.29, 0.717) is 6.07 Å². The van der Waals surface area contributed by atoms with Crippen molar-refractivity contribution in [1.82, 2.24) is 0 Å². The normalized spacial score (nSPS) is 12.0. The molecule has 0 fully saturated rings. The zero-order chi connectivity index (χ0) is 17.3. The van der Waals surface area contributed by atoms with Gasteiger partial charge in [0.2, 0.25) is 0 Å². The van der Waals surface area contributed by atoms with E-state index >= 15 is 0 Å². The van der Waals surface area contributed by atoms with Gasteiger partial charge < -0.3 is 9.16 Å². The van der Waals surface area contributed by atoms with E-state index in [1.54, 1.807) is 0 Å². The third kappa shape index (κ3) is 3.62. The first-order valence-corrected chi connectivity index (χ1v) is 9.57. The van der Waals surface area contributed by atoms with Crippen LogP contribution < -0.4 is 4.43 Å². The number of rotatable bonds is 4. The molecule has 0 amide bonds. The van der Waals surface area contributed by atoms with Gasteiger partial charge >= 0.3 is 5.97 Å². The van der Waals surface area contributed by atoms with Crippen molar-refractivity contribution in [3.63, 3.8) is 0 Å². The Balaban J connectivity index is 3.40. The molecule has 6 nitrogen and oxygen atoms in total. The number of ether oxygens (including phenoxy) is 1. The molecule has 0 saturated heterocycles. The number of halogens is 1. The van der Waals surface area contributed by atoms with Crippen LogP contribution in [0.2, 0.25) is 18.1 Å². The summed E-state index contributed by atoms with van der Waals surface area (Å²) in [6.45, 7) is 9.74. The number of nitro benzene ring substituents is 1. The number of benzene rings is 1. The van der Waals surface area contributed by atoms with Gasteiger partial charge in [0.1, 0.15) is 11.3 Å². The number of hydrogen-bond acceptors (Lipinski definition) is 5. The van der Waals surface area contributed by atoms with E-state index in [1.165, 1.54) is 0 Å². The molecule has 22 heavy (non-hydrogen) atoms. The Bertz CT molecular complexity index is 610. The number of hydrogen-bond donors (Lipinski definition) is 0. The first kappa shape index (κ1) is 18.1. The number of nitrogens with zero attached hydrogens (tertiary/aromatic N) is 1. The smallest absolute Gasteiger partial charge is 0.345 e. The van der Waals surface area contributed by atoms with E-state index in [2.05, 4.69) is 4.74 Å². The van der Waals surface area contributed by atoms with Crippen LogP contribution in [0.3, 0.4) is 0 Å². The Labute approximate surface area is 129 Å². The van der Waals surface area contributed by atoms with Crippen LogP contribution in [-0.2, 0) is 4.74 Å². The highest BCUT2D eigenvalue weighted by molar-refractivity contribution is 6.74. The van der Waals surface area contributed by atoms with Crippen molar-refractivity contribution in [1.29, 1.82) is 0 Å². The van der Waals surface area contributed by atoms with Crippen molar-refractivity contribution in [3.8, 4) is 5.75 Å². The second kappa shape index (κ2) is 6.03. The predicted octanol–water partition coefficient (Wildman–Crippen LogP) is 3.90. The molecule has 0 aliphatic heterocycles. The van der Waals surface area contributed by atoms with Gasteiger partial charge in [0.25, 0.3) is 14.0 Å². The molecule has 0 saturated carbocycles. The first-order chi connectivity index (χ1) is 9.90. The highest BCUT2D eigenvalue weighted by Crippen LogP contribution is 2.39. The minimum absolute atomic E-state index is 0.169. The van der Waals surface area contributed by atoms with Crippen molar-refractivity contribution >= 4 is 20.0 Å². The van der Waals surface area contributed by atoms with E-state index in [0.717, 1.165) is 13.2 Å². The standard InChI is InChI=1S/C14H20FNO5Si/c1-14(2,3)22(5,6)21-12-7-9(13(17)20-4)11(16(18)19)8-10(12)15/h7-8H,1-6H3. The van der Waals surface area contributed by atoms with E-state index in [1.807, 2.05) is 33.9 Å². The summed E-state index contributed by atoms with van der Waals surface area (Å²) in [5.41, 5.74) is -0.977. The molecule has 1 aromatic carbocycles. The van der Waals surface area contributed by atoms with Crippen LogP contribution in [-0.4, -0.2) is 26.3 Å². The van der Waals surface area contributed by atoms with Crippen LogP contribution in [0.5, 0.6) is 5.75 Å². The summed E-state index contributed by atoms with van der Waals surface area (Å²) in [4.78, 5) is 21.8.